The minimum absolute atomic E-state index is 0.206. The van der Waals surface area contributed by atoms with Crippen LogP contribution in [0.1, 0.15) is 31.1 Å². The molecule has 3 aromatic rings. The molecule has 0 saturated heterocycles. The average molecular weight is 1260 g/mol. The second-order valence-corrected chi connectivity index (χ2v) is 16.3. The van der Waals surface area contributed by atoms with E-state index in [1.807, 2.05) is 90.4 Å². The molecule has 0 aliphatic heterocycles. The third-order valence-corrected chi connectivity index (χ3v) is 9.99. The van der Waals surface area contributed by atoms with E-state index in [4.69, 9.17) is 9.47 Å². The second-order valence-electron chi connectivity index (χ2n) is 7.64. The lowest BCUT2D eigenvalue weighted by atomic mass is 10.1. The van der Waals surface area contributed by atoms with E-state index in [2.05, 4.69) is 49.9 Å². The van der Waals surface area contributed by atoms with Gasteiger partial charge in [0.2, 0.25) is 0 Å². The van der Waals surface area contributed by atoms with Crippen molar-refractivity contribution in [2.75, 3.05) is 6.61 Å². The molecule has 0 saturated carbocycles. The van der Waals surface area contributed by atoms with E-state index in [0.717, 1.165) is 25.3 Å². The van der Waals surface area contributed by atoms with Gasteiger partial charge < -0.3 is 18.8 Å². The van der Waals surface area contributed by atoms with Gasteiger partial charge in [-0.25, -0.2) is 22.8 Å². The van der Waals surface area contributed by atoms with Crippen LogP contribution in [0.5, 0.6) is 11.5 Å². The van der Waals surface area contributed by atoms with Crippen LogP contribution in [-0.4, -0.2) is 42.7 Å². The highest BCUT2D eigenvalue weighted by atomic mass is 127. The number of halogens is 8. The van der Waals surface area contributed by atoms with Crippen molar-refractivity contribution in [3.63, 3.8) is 0 Å². The van der Waals surface area contributed by atoms with Gasteiger partial charge in [-0.3, -0.25) is 0 Å². The number of alkyl halides is 2. The third kappa shape index (κ3) is 9.36. The Morgan fingerprint density at radius 1 is 0.659 bits per heavy atom. The first-order valence-electron chi connectivity index (χ1n) is 10.3. The van der Waals surface area contributed by atoms with Crippen molar-refractivity contribution in [2.24, 2.45) is 0 Å². The first-order chi connectivity index (χ1) is 18.9. The van der Waals surface area contributed by atoms with Gasteiger partial charge in [0.05, 0.1) is 31.0 Å². The number of carbonyl (C=O) groups is 3. The molecule has 218 valence electrons. The molecule has 0 heterocycles. The minimum Gasteiger partial charge on any atom is -0.743 e. The lowest BCUT2D eigenvalue weighted by molar-refractivity contribution is -0.00997. The van der Waals surface area contributed by atoms with Gasteiger partial charge in [0, 0.05) is 7.14 Å². The summed E-state index contributed by atoms with van der Waals surface area (Å²) in [4.78, 5) is 38.9. The molecule has 0 aliphatic rings. The molecule has 0 N–H and O–H groups in total. The molecule has 0 aromatic heterocycles. The van der Waals surface area contributed by atoms with Crippen LogP contribution in [0.25, 0.3) is 0 Å². The van der Waals surface area contributed by atoms with E-state index in [0.29, 0.717) is 14.3 Å². The Balaban J connectivity index is 2.02. The van der Waals surface area contributed by atoms with Crippen LogP contribution in [0.4, 0.5) is 8.78 Å². The lowest BCUT2D eigenvalue weighted by Gasteiger charge is -2.19. The summed E-state index contributed by atoms with van der Waals surface area (Å²) in [6, 6.07) is 9.89. The average Bonchev–Trinajstić information content (AvgIpc) is 2.85. The fourth-order valence-electron chi connectivity index (χ4n) is 2.84. The van der Waals surface area contributed by atoms with Crippen molar-refractivity contribution in [2.45, 2.75) is 5.25 Å². The zero-order valence-corrected chi connectivity index (χ0v) is 33.1. The molecular formula is C23H9F2I6O9S-. The minimum atomic E-state index is -6.13. The van der Waals surface area contributed by atoms with Crippen LogP contribution in [0, 0.1) is 21.4 Å². The fourth-order valence-corrected chi connectivity index (χ4v) is 10.7. The molecular weight excluding hydrogens is 1250 g/mol. The predicted octanol–water partition coefficient (Wildman–Crippen LogP) is 7.05. The van der Waals surface area contributed by atoms with Gasteiger partial charge in [0.15, 0.2) is 28.2 Å². The van der Waals surface area contributed by atoms with Gasteiger partial charge in [-0.2, -0.15) is 8.78 Å². The summed E-state index contributed by atoms with van der Waals surface area (Å²) in [6.45, 7) is -2.08. The van der Waals surface area contributed by atoms with E-state index < -0.39 is 45.5 Å². The van der Waals surface area contributed by atoms with Crippen molar-refractivity contribution < 1.29 is 50.3 Å². The van der Waals surface area contributed by atoms with Crippen LogP contribution < -0.4 is 9.47 Å². The maximum Gasteiger partial charge on any atom is 0.367 e. The molecule has 0 fully saturated rings. The van der Waals surface area contributed by atoms with E-state index in [1.165, 1.54) is 0 Å². The molecule has 0 radical (unpaired) electrons. The Kier molecular flexibility index (Phi) is 12.7. The van der Waals surface area contributed by atoms with Crippen molar-refractivity contribution in [3.8, 4) is 11.5 Å². The number of rotatable bonds is 8. The number of ether oxygens (including phenoxy) is 3. The van der Waals surface area contributed by atoms with Gasteiger partial charge in [-0.05, 0) is 178 Å². The molecule has 18 heteroatoms. The molecule has 0 bridgehead atoms. The molecule has 9 nitrogen and oxygen atoms in total. The summed E-state index contributed by atoms with van der Waals surface area (Å²) in [7, 11) is -6.13. The van der Waals surface area contributed by atoms with E-state index >= 15 is 0 Å². The lowest BCUT2D eigenvalue weighted by Crippen LogP contribution is -2.34. The molecule has 3 rings (SSSR count). The topological polar surface area (TPSA) is 136 Å². The number of hydrogen-bond donors (Lipinski definition) is 0. The smallest absolute Gasteiger partial charge is 0.367 e. The quantitative estimate of drug-likeness (QED) is 0.101. The SMILES string of the molecule is O=C(OCC(F)(F)S(=O)(=O)[O-])c1cc(C(=O)Oc2c(I)cc(I)cc2I)cc(C(=O)Oc2c(I)cc(I)cc2I)c1. The number of benzene rings is 3. The fraction of sp³-hybridized carbons (Fsp3) is 0.0870. The van der Waals surface area contributed by atoms with E-state index in [-0.39, 0.29) is 22.6 Å². The van der Waals surface area contributed by atoms with Crippen LogP contribution in [-0.2, 0) is 14.9 Å². The molecule has 3 aromatic carbocycles. The Morgan fingerprint density at radius 2 is 0.976 bits per heavy atom. The Bertz CT molecular complexity index is 1550. The zero-order chi connectivity index (χ0) is 30.9. The van der Waals surface area contributed by atoms with Crippen molar-refractivity contribution in [3.05, 3.63) is 80.6 Å². The number of esters is 3. The maximum atomic E-state index is 13.6. The largest absolute Gasteiger partial charge is 0.743 e. The van der Waals surface area contributed by atoms with E-state index in [1.54, 1.807) is 24.3 Å². The zero-order valence-electron chi connectivity index (χ0n) is 19.4. The van der Waals surface area contributed by atoms with Crippen molar-refractivity contribution in [1.29, 1.82) is 0 Å². The van der Waals surface area contributed by atoms with Gasteiger partial charge >= 0.3 is 23.2 Å². The summed E-state index contributed by atoms with van der Waals surface area (Å²) >= 11 is 12.0. The van der Waals surface area contributed by atoms with E-state index in [9.17, 15) is 36.1 Å². The predicted molar refractivity (Wildman–Crippen MR) is 190 cm³/mol. The Hall–Kier alpha value is 0.220. The van der Waals surface area contributed by atoms with Crippen LogP contribution in [0.3, 0.4) is 0 Å². The first kappa shape index (κ1) is 35.7. The first-order valence-corrected chi connectivity index (χ1v) is 18.2. The third-order valence-electron chi connectivity index (χ3n) is 4.69. The molecule has 0 amide bonds. The highest BCUT2D eigenvalue weighted by molar-refractivity contribution is 14.1. The van der Waals surface area contributed by atoms with Crippen molar-refractivity contribution >= 4 is 164 Å². The molecule has 0 atom stereocenters. The summed E-state index contributed by atoms with van der Waals surface area (Å²) in [5, 5.41) is -4.91. The summed E-state index contributed by atoms with van der Waals surface area (Å²) in [6.07, 6.45) is 0. The second kappa shape index (κ2) is 14.5. The Labute approximate surface area is 313 Å². The molecule has 0 unspecified atom stereocenters. The van der Waals surface area contributed by atoms with Gasteiger partial charge in [-0.1, -0.05) is 0 Å². The summed E-state index contributed by atoms with van der Waals surface area (Å²) < 4.78 is 78.9. The maximum absolute atomic E-state index is 13.6. The molecule has 0 spiro atoms. The highest BCUT2D eigenvalue weighted by Gasteiger charge is 2.39. The molecule has 41 heavy (non-hydrogen) atoms. The Morgan fingerprint density at radius 3 is 1.29 bits per heavy atom. The van der Waals surface area contributed by atoms with Gasteiger partial charge in [-0.15, -0.1) is 0 Å². The van der Waals surface area contributed by atoms with Crippen molar-refractivity contribution in [1.82, 2.24) is 0 Å². The number of hydrogen-bond acceptors (Lipinski definition) is 9. The monoisotopic (exact) mass is 1260 g/mol. The summed E-state index contributed by atoms with van der Waals surface area (Å²) in [5.41, 5.74) is -1.26. The van der Waals surface area contributed by atoms with Crippen LogP contribution in [0.15, 0.2) is 42.5 Å². The number of carbonyl (C=O) groups excluding carboxylic acids is 3. The van der Waals surface area contributed by atoms with Crippen LogP contribution in [0.2, 0.25) is 0 Å². The normalized spacial score (nSPS) is 11.6. The van der Waals surface area contributed by atoms with Gasteiger partial charge in [0.25, 0.3) is 0 Å². The molecule has 0 aliphatic carbocycles. The highest BCUT2D eigenvalue weighted by Crippen LogP contribution is 2.32. The summed E-state index contributed by atoms with van der Waals surface area (Å²) in [5.74, 6) is -3.13. The standard InChI is InChI=1S/C23H10F2I6O9S/c24-23(25,41(35,36)37)8-38-20(32)9-1-10(21(33)39-18-14(28)4-12(26)5-15(18)29)3-11(2-9)22(34)40-19-16(30)6-13(27)7-17(19)31/h1-7H,8H2,(H,35,36,37)/p-1. The van der Waals surface area contributed by atoms with Gasteiger partial charge in [0.1, 0.15) is 0 Å². The van der Waals surface area contributed by atoms with Crippen LogP contribution >= 0.6 is 136 Å².